The molecule has 5 rings (SSSR count). The van der Waals surface area contributed by atoms with Crippen LogP contribution in [0.5, 0.6) is 0 Å². The zero-order valence-corrected chi connectivity index (χ0v) is 15.2. The topological polar surface area (TPSA) is 70.9 Å². The fourth-order valence-electron chi connectivity index (χ4n) is 3.86. The first-order chi connectivity index (χ1) is 13.6. The Hall–Kier alpha value is -3.03. The monoisotopic (exact) mass is 382 g/mol. The van der Waals surface area contributed by atoms with Crippen molar-refractivity contribution in [2.24, 2.45) is 5.92 Å². The number of rotatable bonds is 4. The molecule has 0 saturated heterocycles. The molecule has 1 saturated carbocycles. The minimum Gasteiger partial charge on any atom is -0.354 e. The van der Waals surface area contributed by atoms with E-state index in [-0.39, 0.29) is 18.8 Å². The van der Waals surface area contributed by atoms with E-state index in [1.54, 1.807) is 12.4 Å². The van der Waals surface area contributed by atoms with Crippen LogP contribution in [0, 0.1) is 5.92 Å². The molecule has 1 fully saturated rings. The lowest BCUT2D eigenvalue weighted by molar-refractivity contribution is -0.0443. The highest BCUT2D eigenvalue weighted by atomic mass is 19.3. The number of anilines is 1. The van der Waals surface area contributed by atoms with E-state index in [2.05, 4.69) is 31.4 Å². The van der Waals surface area contributed by atoms with E-state index in [0.717, 1.165) is 27.7 Å². The van der Waals surface area contributed by atoms with E-state index >= 15 is 0 Å². The normalized spacial score (nSPS) is 17.4. The van der Waals surface area contributed by atoms with Crippen LogP contribution in [0.25, 0.3) is 27.7 Å². The van der Waals surface area contributed by atoms with Gasteiger partial charge in [0.25, 0.3) is 0 Å². The van der Waals surface area contributed by atoms with Gasteiger partial charge in [0.05, 0.1) is 5.52 Å². The van der Waals surface area contributed by atoms with Crippen molar-refractivity contribution < 1.29 is 8.78 Å². The molecule has 0 amide bonds. The van der Waals surface area contributed by atoms with E-state index in [1.807, 2.05) is 29.0 Å². The largest absolute Gasteiger partial charge is 0.354 e. The molecule has 0 unspecified atom stereocenters. The molecule has 0 spiro atoms. The third-order valence-corrected chi connectivity index (χ3v) is 5.53. The van der Waals surface area contributed by atoms with Gasteiger partial charge >= 0.3 is 0 Å². The molecule has 8 heteroatoms. The molecule has 0 radical (unpaired) electrons. The maximum atomic E-state index is 13.3. The van der Waals surface area contributed by atoms with E-state index in [0.29, 0.717) is 25.3 Å². The van der Waals surface area contributed by atoms with Crippen molar-refractivity contribution in [3.63, 3.8) is 0 Å². The molecule has 4 heterocycles. The second-order valence-electron chi connectivity index (χ2n) is 7.45. The zero-order chi connectivity index (χ0) is 19.1. The van der Waals surface area contributed by atoms with Gasteiger partial charge in [-0.25, -0.2) is 18.3 Å². The minimum atomic E-state index is -2.49. The van der Waals surface area contributed by atoms with Crippen LogP contribution in [-0.2, 0) is 0 Å². The predicted octanol–water partition coefficient (Wildman–Crippen LogP) is 4.51. The summed E-state index contributed by atoms with van der Waals surface area (Å²) < 4.78 is 28.4. The molecule has 6 nitrogen and oxygen atoms in total. The molecule has 28 heavy (non-hydrogen) atoms. The number of alkyl halides is 2. The van der Waals surface area contributed by atoms with Crippen molar-refractivity contribution >= 4 is 22.5 Å². The molecular formula is C20H20F2N6. The number of nitrogens with zero attached hydrogens (tertiary/aromatic N) is 4. The number of H-pyrrole nitrogens is 1. The quantitative estimate of drug-likeness (QED) is 0.545. The summed E-state index contributed by atoms with van der Waals surface area (Å²) in [5.41, 5.74) is 3.85. The Balaban J connectivity index is 1.33. The maximum Gasteiger partial charge on any atom is 0.248 e. The predicted molar refractivity (Wildman–Crippen MR) is 103 cm³/mol. The highest BCUT2D eigenvalue weighted by Crippen LogP contribution is 2.36. The Morgan fingerprint density at radius 2 is 2.11 bits per heavy atom. The van der Waals surface area contributed by atoms with Crippen LogP contribution in [0.15, 0.2) is 43.0 Å². The molecule has 4 aromatic rings. The van der Waals surface area contributed by atoms with Crippen LogP contribution >= 0.6 is 0 Å². The third kappa shape index (κ3) is 3.19. The lowest BCUT2D eigenvalue weighted by Gasteiger charge is -2.28. The maximum absolute atomic E-state index is 13.3. The Morgan fingerprint density at radius 3 is 2.96 bits per heavy atom. The standard InChI is InChI=1S/C20H20F2N6/c21-20(22)5-1-13(2-6-20)10-24-19-25-12-17-16(11-23-18(17)27-19)14-4-8-28-15(9-14)3-7-26-28/h3-4,7-9,11-13H,1-2,5-6,10H2,(H2,23,24,25,27). The number of aromatic amines is 1. The average Bonchev–Trinajstić information content (AvgIpc) is 3.33. The summed E-state index contributed by atoms with van der Waals surface area (Å²) in [6, 6.07) is 6.03. The number of halogens is 2. The fraction of sp³-hybridized carbons (Fsp3) is 0.350. The number of hydrogen-bond acceptors (Lipinski definition) is 4. The van der Waals surface area contributed by atoms with Gasteiger partial charge in [-0.15, -0.1) is 0 Å². The van der Waals surface area contributed by atoms with Gasteiger partial charge in [-0.1, -0.05) is 0 Å². The van der Waals surface area contributed by atoms with Gasteiger partial charge in [-0.3, -0.25) is 0 Å². The molecular weight excluding hydrogens is 362 g/mol. The summed E-state index contributed by atoms with van der Waals surface area (Å²) in [7, 11) is 0. The van der Waals surface area contributed by atoms with Crippen LogP contribution in [0.2, 0.25) is 0 Å². The van der Waals surface area contributed by atoms with Crippen molar-refractivity contribution in [3.05, 3.63) is 43.0 Å². The molecule has 0 aromatic carbocycles. The Morgan fingerprint density at radius 1 is 1.25 bits per heavy atom. The molecule has 4 aromatic heterocycles. The third-order valence-electron chi connectivity index (χ3n) is 5.53. The Bertz CT molecular complexity index is 1120. The molecule has 144 valence electrons. The fourth-order valence-corrected chi connectivity index (χ4v) is 3.86. The van der Waals surface area contributed by atoms with Gasteiger partial charge in [0.1, 0.15) is 5.65 Å². The summed E-state index contributed by atoms with van der Waals surface area (Å²) in [6.07, 6.45) is 8.43. The highest BCUT2D eigenvalue weighted by molar-refractivity contribution is 5.94. The molecule has 1 aliphatic carbocycles. The number of aromatic nitrogens is 5. The van der Waals surface area contributed by atoms with Gasteiger partial charge in [-0.05, 0) is 42.5 Å². The SMILES string of the molecule is FC1(F)CCC(CNc2ncc3c(-c4ccn5nccc5c4)c[nH]c3n2)CC1. The lowest BCUT2D eigenvalue weighted by atomic mass is 9.87. The zero-order valence-electron chi connectivity index (χ0n) is 15.2. The molecule has 0 bridgehead atoms. The van der Waals surface area contributed by atoms with E-state index in [1.165, 1.54) is 0 Å². The summed E-state index contributed by atoms with van der Waals surface area (Å²) in [5, 5.41) is 8.36. The van der Waals surface area contributed by atoms with Gasteiger partial charge in [-0.2, -0.15) is 10.1 Å². The smallest absolute Gasteiger partial charge is 0.248 e. The molecule has 0 aliphatic heterocycles. The van der Waals surface area contributed by atoms with Crippen molar-refractivity contribution in [1.82, 2.24) is 24.6 Å². The van der Waals surface area contributed by atoms with Gasteiger partial charge in [0, 0.05) is 55.1 Å². The van der Waals surface area contributed by atoms with Crippen molar-refractivity contribution in [2.45, 2.75) is 31.6 Å². The Labute approximate surface area is 160 Å². The first-order valence-corrected chi connectivity index (χ1v) is 9.47. The number of hydrogen-bond donors (Lipinski definition) is 2. The molecule has 0 atom stereocenters. The minimum absolute atomic E-state index is 0.0270. The molecule has 2 N–H and O–H groups in total. The summed E-state index contributed by atoms with van der Waals surface area (Å²) in [5.74, 6) is -1.74. The number of pyridine rings is 1. The second-order valence-corrected chi connectivity index (χ2v) is 7.45. The average molecular weight is 382 g/mol. The lowest BCUT2D eigenvalue weighted by Crippen LogP contribution is -2.28. The van der Waals surface area contributed by atoms with Crippen LogP contribution in [-0.4, -0.2) is 37.0 Å². The summed E-state index contributed by atoms with van der Waals surface area (Å²) in [4.78, 5) is 12.2. The van der Waals surface area contributed by atoms with Crippen LogP contribution in [0.1, 0.15) is 25.7 Å². The van der Waals surface area contributed by atoms with E-state index < -0.39 is 5.92 Å². The number of nitrogens with one attached hydrogen (secondary N) is 2. The van der Waals surface area contributed by atoms with Gasteiger partial charge < -0.3 is 10.3 Å². The number of fused-ring (bicyclic) bond motifs is 2. The van der Waals surface area contributed by atoms with Crippen molar-refractivity contribution in [1.29, 1.82) is 0 Å². The van der Waals surface area contributed by atoms with Crippen LogP contribution < -0.4 is 5.32 Å². The van der Waals surface area contributed by atoms with E-state index in [4.69, 9.17) is 0 Å². The highest BCUT2D eigenvalue weighted by Gasteiger charge is 2.34. The van der Waals surface area contributed by atoms with Crippen molar-refractivity contribution in [3.8, 4) is 11.1 Å². The first-order valence-electron chi connectivity index (χ1n) is 9.47. The van der Waals surface area contributed by atoms with E-state index in [9.17, 15) is 8.78 Å². The Kier molecular flexibility index (Phi) is 3.99. The first kappa shape index (κ1) is 17.1. The summed E-state index contributed by atoms with van der Waals surface area (Å²) >= 11 is 0. The van der Waals surface area contributed by atoms with Gasteiger partial charge in [0.2, 0.25) is 11.9 Å². The van der Waals surface area contributed by atoms with Crippen LogP contribution in [0.3, 0.4) is 0 Å². The van der Waals surface area contributed by atoms with Crippen LogP contribution in [0.4, 0.5) is 14.7 Å². The summed E-state index contributed by atoms with van der Waals surface area (Å²) in [6.45, 7) is 0.618. The van der Waals surface area contributed by atoms with Gasteiger partial charge in [0.15, 0.2) is 0 Å². The molecule has 1 aliphatic rings. The van der Waals surface area contributed by atoms with Crippen molar-refractivity contribution in [2.75, 3.05) is 11.9 Å². The second kappa shape index (κ2) is 6.54.